The number of hydrogen-bond donors (Lipinski definition) is 0. The van der Waals surface area contributed by atoms with Gasteiger partial charge >= 0.3 is 0 Å². The van der Waals surface area contributed by atoms with E-state index in [9.17, 15) is 9.18 Å². The molecule has 0 saturated heterocycles. The van der Waals surface area contributed by atoms with Crippen LogP contribution in [0.1, 0.15) is 18.9 Å². The molecule has 1 nitrogen and oxygen atoms in total. The second-order valence-corrected chi connectivity index (χ2v) is 4.96. The Labute approximate surface area is 108 Å². The van der Waals surface area contributed by atoms with E-state index < -0.39 is 0 Å². The minimum Gasteiger partial charge on any atom is -0.300 e. The normalized spacial score (nSPS) is 12.5. The molecule has 0 heterocycles. The van der Waals surface area contributed by atoms with Crippen LogP contribution in [0.25, 0.3) is 0 Å². The lowest BCUT2D eigenvalue weighted by Crippen LogP contribution is -2.15. The molecule has 0 aromatic heterocycles. The van der Waals surface area contributed by atoms with E-state index in [0.29, 0.717) is 23.2 Å². The summed E-state index contributed by atoms with van der Waals surface area (Å²) < 4.78 is 13.6. The topological polar surface area (TPSA) is 17.1 Å². The lowest BCUT2D eigenvalue weighted by atomic mass is 9.93. The van der Waals surface area contributed by atoms with Crippen LogP contribution in [0.3, 0.4) is 0 Å². The minimum atomic E-state index is -0.285. The Morgan fingerprint density at radius 3 is 2.75 bits per heavy atom. The molecule has 0 aliphatic carbocycles. The highest BCUT2D eigenvalue weighted by atomic mass is 79.9. The van der Waals surface area contributed by atoms with Gasteiger partial charge in [0, 0.05) is 16.3 Å². The van der Waals surface area contributed by atoms with Gasteiger partial charge in [-0.3, -0.25) is 4.79 Å². The molecular formula is C12H13BrClFO. The first kappa shape index (κ1) is 13.7. The number of alkyl halides is 1. The Bertz CT molecular complexity index is 381. The van der Waals surface area contributed by atoms with Crippen LogP contribution in [0, 0.1) is 11.7 Å². The zero-order chi connectivity index (χ0) is 12.1. The van der Waals surface area contributed by atoms with Gasteiger partial charge in [-0.1, -0.05) is 22.0 Å². The van der Waals surface area contributed by atoms with Crippen LogP contribution < -0.4 is 0 Å². The number of benzene rings is 1. The lowest BCUT2D eigenvalue weighted by Gasteiger charge is -2.13. The number of halogens is 3. The summed E-state index contributed by atoms with van der Waals surface area (Å²) in [5.41, 5.74) is 0.937. The van der Waals surface area contributed by atoms with Gasteiger partial charge in [-0.2, -0.15) is 0 Å². The van der Waals surface area contributed by atoms with Gasteiger partial charge in [0.15, 0.2) is 0 Å². The highest BCUT2D eigenvalue weighted by molar-refractivity contribution is 9.10. The summed E-state index contributed by atoms with van der Waals surface area (Å²) in [4.78, 5) is 11.4. The zero-order valence-electron chi connectivity index (χ0n) is 8.97. The molecule has 0 aliphatic rings. The number of rotatable bonds is 5. The van der Waals surface area contributed by atoms with Gasteiger partial charge in [0.1, 0.15) is 11.6 Å². The van der Waals surface area contributed by atoms with Crippen molar-refractivity contribution in [2.45, 2.75) is 19.8 Å². The monoisotopic (exact) mass is 306 g/mol. The van der Waals surface area contributed by atoms with E-state index in [1.165, 1.54) is 12.1 Å². The fourth-order valence-corrected chi connectivity index (χ4v) is 2.31. The van der Waals surface area contributed by atoms with Gasteiger partial charge < -0.3 is 0 Å². The molecule has 0 saturated carbocycles. The summed E-state index contributed by atoms with van der Waals surface area (Å²) in [6.07, 6.45) is 1.25. The van der Waals surface area contributed by atoms with Gasteiger partial charge in [0.05, 0.1) is 0 Å². The molecule has 88 valence electrons. The maximum absolute atomic E-state index is 12.9. The first-order chi connectivity index (χ1) is 7.54. The molecule has 0 fully saturated rings. The quantitative estimate of drug-likeness (QED) is 0.752. The molecule has 0 radical (unpaired) electrons. The molecule has 0 aliphatic heterocycles. The average molecular weight is 308 g/mol. The largest absolute Gasteiger partial charge is 0.300 e. The molecular weight excluding hydrogens is 294 g/mol. The van der Waals surface area contributed by atoms with E-state index in [-0.39, 0.29) is 17.5 Å². The van der Waals surface area contributed by atoms with Gasteiger partial charge in [-0.05, 0) is 37.5 Å². The molecule has 16 heavy (non-hydrogen) atoms. The molecule has 0 bridgehead atoms. The minimum absolute atomic E-state index is 0.0840. The molecule has 1 rings (SSSR count). The highest BCUT2D eigenvalue weighted by Gasteiger charge is 2.15. The van der Waals surface area contributed by atoms with Crippen LogP contribution in [0.2, 0.25) is 0 Å². The second-order valence-electron chi connectivity index (χ2n) is 3.73. The van der Waals surface area contributed by atoms with Crippen LogP contribution in [-0.4, -0.2) is 11.7 Å². The van der Waals surface area contributed by atoms with E-state index in [2.05, 4.69) is 15.9 Å². The van der Waals surface area contributed by atoms with E-state index in [0.717, 1.165) is 5.56 Å². The number of Topliss-reactive ketones (excluding diaryl/α,β-unsaturated/α-hetero) is 1. The van der Waals surface area contributed by atoms with Gasteiger partial charge in [-0.15, -0.1) is 11.6 Å². The number of carbonyl (C=O) groups excluding carboxylic acids is 1. The van der Waals surface area contributed by atoms with E-state index >= 15 is 0 Å². The molecule has 0 spiro atoms. The summed E-state index contributed by atoms with van der Waals surface area (Å²) >= 11 is 8.94. The molecule has 0 amide bonds. The van der Waals surface area contributed by atoms with Crippen molar-refractivity contribution < 1.29 is 9.18 Å². The summed E-state index contributed by atoms with van der Waals surface area (Å²) in [5, 5.41) is 0. The van der Waals surface area contributed by atoms with Gasteiger partial charge in [0.2, 0.25) is 0 Å². The average Bonchev–Trinajstić information content (AvgIpc) is 2.20. The van der Waals surface area contributed by atoms with Crippen molar-refractivity contribution in [1.82, 2.24) is 0 Å². The molecule has 4 heteroatoms. The molecule has 1 unspecified atom stereocenters. The van der Waals surface area contributed by atoms with Gasteiger partial charge in [0.25, 0.3) is 0 Å². The summed E-state index contributed by atoms with van der Waals surface area (Å²) in [6, 6.07) is 4.51. The van der Waals surface area contributed by atoms with Crippen molar-refractivity contribution in [2.75, 3.05) is 5.88 Å². The van der Waals surface area contributed by atoms with Crippen molar-refractivity contribution in [2.24, 2.45) is 5.92 Å². The van der Waals surface area contributed by atoms with Crippen LogP contribution in [-0.2, 0) is 11.2 Å². The first-order valence-corrected chi connectivity index (χ1v) is 6.37. The van der Waals surface area contributed by atoms with Crippen LogP contribution in [0.5, 0.6) is 0 Å². The van der Waals surface area contributed by atoms with Crippen LogP contribution in [0.4, 0.5) is 4.39 Å². The Kier molecular flexibility index (Phi) is 5.42. The molecule has 0 N–H and O–H groups in total. The predicted octanol–water partition coefficient (Wildman–Crippen LogP) is 3.96. The van der Waals surface area contributed by atoms with E-state index in [4.69, 9.17) is 11.6 Å². The van der Waals surface area contributed by atoms with Crippen molar-refractivity contribution in [3.63, 3.8) is 0 Å². The van der Waals surface area contributed by atoms with Crippen molar-refractivity contribution >= 4 is 33.3 Å². The number of hydrogen-bond acceptors (Lipinski definition) is 1. The number of ketones is 1. The van der Waals surface area contributed by atoms with Crippen molar-refractivity contribution in [1.29, 1.82) is 0 Å². The summed E-state index contributed by atoms with van der Waals surface area (Å²) in [5.74, 6) is 0.215. The Balaban J connectivity index is 2.81. The second kappa shape index (κ2) is 6.36. The van der Waals surface area contributed by atoms with E-state index in [1.807, 2.05) is 0 Å². The fraction of sp³-hybridized carbons (Fsp3) is 0.417. The third-order valence-corrected chi connectivity index (χ3v) is 3.47. The lowest BCUT2D eigenvalue weighted by molar-refractivity contribution is -0.120. The predicted molar refractivity (Wildman–Crippen MR) is 67.3 cm³/mol. The molecule has 1 aromatic rings. The Hall–Kier alpha value is -0.410. The van der Waals surface area contributed by atoms with Crippen LogP contribution in [0.15, 0.2) is 22.7 Å². The van der Waals surface area contributed by atoms with Crippen molar-refractivity contribution in [3.8, 4) is 0 Å². The fourth-order valence-electron chi connectivity index (χ4n) is 1.53. The SMILES string of the molecule is CC(=O)C(CCCl)Cc1ccc(F)cc1Br. The van der Waals surface area contributed by atoms with Crippen LogP contribution >= 0.6 is 27.5 Å². The van der Waals surface area contributed by atoms with Gasteiger partial charge in [-0.25, -0.2) is 4.39 Å². The maximum atomic E-state index is 12.9. The maximum Gasteiger partial charge on any atom is 0.133 e. The first-order valence-electron chi connectivity index (χ1n) is 5.05. The highest BCUT2D eigenvalue weighted by Crippen LogP contribution is 2.23. The molecule has 1 aromatic carbocycles. The summed E-state index contributed by atoms with van der Waals surface area (Å²) in [6.45, 7) is 1.56. The Morgan fingerprint density at radius 1 is 1.56 bits per heavy atom. The smallest absolute Gasteiger partial charge is 0.133 e. The third kappa shape index (κ3) is 3.87. The van der Waals surface area contributed by atoms with Crippen molar-refractivity contribution in [3.05, 3.63) is 34.1 Å². The third-order valence-electron chi connectivity index (χ3n) is 2.51. The summed E-state index contributed by atoms with van der Waals surface area (Å²) in [7, 11) is 0. The van der Waals surface area contributed by atoms with E-state index in [1.54, 1.807) is 13.0 Å². The standard InChI is InChI=1S/C12H13BrClFO/c1-8(16)9(4-5-14)6-10-2-3-11(15)7-12(10)13/h2-3,7,9H,4-6H2,1H3. The molecule has 1 atom stereocenters. The Morgan fingerprint density at radius 2 is 2.25 bits per heavy atom. The zero-order valence-corrected chi connectivity index (χ0v) is 11.3. The number of carbonyl (C=O) groups is 1.